The Hall–Kier alpha value is -2.21. The van der Waals surface area contributed by atoms with Crippen molar-refractivity contribution in [3.8, 4) is 0 Å². The summed E-state index contributed by atoms with van der Waals surface area (Å²) >= 11 is 0. The molecular formula is C14H17FN4O. The van der Waals surface area contributed by atoms with Crippen LogP contribution in [0.4, 0.5) is 16.2 Å². The van der Waals surface area contributed by atoms with Crippen molar-refractivity contribution in [3.63, 3.8) is 0 Å². The Morgan fingerprint density at radius 1 is 1.30 bits per heavy atom. The third kappa shape index (κ3) is 3.42. The first-order valence-electron chi connectivity index (χ1n) is 6.22. The summed E-state index contributed by atoms with van der Waals surface area (Å²) in [6, 6.07) is 7.55. The Kier molecular flexibility index (Phi) is 4.47. The molecule has 20 heavy (non-hydrogen) atoms. The van der Waals surface area contributed by atoms with Gasteiger partial charge in [-0.2, -0.15) is 4.98 Å². The molecule has 0 spiro atoms. The van der Waals surface area contributed by atoms with Gasteiger partial charge in [0.05, 0.1) is 12.8 Å². The first-order valence-corrected chi connectivity index (χ1v) is 6.22. The zero-order valence-electron chi connectivity index (χ0n) is 11.5. The summed E-state index contributed by atoms with van der Waals surface area (Å²) in [6.45, 7) is 0.512. The molecule has 1 aromatic carbocycles. The fourth-order valence-corrected chi connectivity index (χ4v) is 1.78. The third-order valence-electron chi connectivity index (χ3n) is 2.77. The van der Waals surface area contributed by atoms with Gasteiger partial charge in [-0.25, -0.2) is 9.37 Å². The van der Waals surface area contributed by atoms with Gasteiger partial charge in [0.15, 0.2) is 11.6 Å². The van der Waals surface area contributed by atoms with Crippen LogP contribution in [-0.4, -0.2) is 29.2 Å². The first-order chi connectivity index (χ1) is 9.60. The molecule has 0 aliphatic carbocycles. The number of nitrogens with zero attached hydrogens (tertiary/aromatic N) is 3. The Bertz CT molecular complexity index is 589. The lowest BCUT2D eigenvalue weighted by atomic mass is 10.1. The summed E-state index contributed by atoms with van der Waals surface area (Å²) in [7, 11) is 3.44. The van der Waals surface area contributed by atoms with Crippen LogP contribution in [0.1, 0.15) is 11.1 Å². The van der Waals surface area contributed by atoms with Crippen molar-refractivity contribution in [1.29, 1.82) is 0 Å². The monoisotopic (exact) mass is 276 g/mol. The standard InChI is InChI=1S/C14H17FN4O/c1-19(2)13-12(15)8-17-14(18-13)16-7-10-4-3-5-11(6-10)9-20/h3-6,8,20H,7,9H2,1-2H3,(H,16,17,18). The van der Waals surface area contributed by atoms with Crippen LogP contribution in [0, 0.1) is 5.82 Å². The minimum Gasteiger partial charge on any atom is -0.392 e. The highest BCUT2D eigenvalue weighted by Crippen LogP contribution is 2.15. The van der Waals surface area contributed by atoms with Crippen molar-refractivity contribution >= 4 is 11.8 Å². The van der Waals surface area contributed by atoms with Gasteiger partial charge in [-0.05, 0) is 11.1 Å². The van der Waals surface area contributed by atoms with E-state index in [0.717, 1.165) is 17.3 Å². The second kappa shape index (κ2) is 6.29. The smallest absolute Gasteiger partial charge is 0.225 e. The van der Waals surface area contributed by atoms with E-state index in [2.05, 4.69) is 15.3 Å². The molecule has 2 N–H and O–H groups in total. The Balaban J connectivity index is 2.08. The highest BCUT2D eigenvalue weighted by Gasteiger charge is 2.08. The summed E-state index contributed by atoms with van der Waals surface area (Å²) in [6.07, 6.45) is 1.15. The summed E-state index contributed by atoms with van der Waals surface area (Å²) in [5.41, 5.74) is 1.84. The predicted octanol–water partition coefficient (Wildman–Crippen LogP) is 1.79. The molecule has 2 aromatic rings. The molecule has 2 rings (SSSR count). The Labute approximate surface area is 117 Å². The highest BCUT2D eigenvalue weighted by atomic mass is 19.1. The van der Waals surface area contributed by atoms with Crippen LogP contribution in [-0.2, 0) is 13.2 Å². The van der Waals surface area contributed by atoms with E-state index < -0.39 is 5.82 Å². The molecule has 5 nitrogen and oxygen atoms in total. The molecule has 0 aliphatic rings. The maximum absolute atomic E-state index is 13.5. The van der Waals surface area contributed by atoms with Gasteiger partial charge in [-0.3, -0.25) is 0 Å². The lowest BCUT2D eigenvalue weighted by Crippen LogP contribution is -2.15. The van der Waals surface area contributed by atoms with Gasteiger partial charge in [0.2, 0.25) is 5.95 Å². The molecule has 106 valence electrons. The van der Waals surface area contributed by atoms with Crippen molar-refractivity contribution in [2.45, 2.75) is 13.2 Å². The average molecular weight is 276 g/mol. The van der Waals surface area contributed by atoms with Gasteiger partial charge in [0, 0.05) is 20.6 Å². The van der Waals surface area contributed by atoms with E-state index >= 15 is 0 Å². The van der Waals surface area contributed by atoms with Crippen molar-refractivity contribution in [1.82, 2.24) is 9.97 Å². The summed E-state index contributed by atoms with van der Waals surface area (Å²) < 4.78 is 13.5. The Morgan fingerprint density at radius 3 is 2.75 bits per heavy atom. The molecule has 0 amide bonds. The van der Waals surface area contributed by atoms with E-state index in [0.29, 0.717) is 12.5 Å². The fraction of sp³-hybridized carbons (Fsp3) is 0.286. The number of halogens is 1. The van der Waals surface area contributed by atoms with Crippen LogP contribution in [0.15, 0.2) is 30.5 Å². The fourth-order valence-electron chi connectivity index (χ4n) is 1.78. The van der Waals surface area contributed by atoms with Gasteiger partial charge in [-0.1, -0.05) is 24.3 Å². The normalized spacial score (nSPS) is 10.4. The molecule has 0 unspecified atom stereocenters. The molecule has 0 bridgehead atoms. The number of anilines is 2. The molecule has 1 aromatic heterocycles. The van der Waals surface area contributed by atoms with E-state index in [1.54, 1.807) is 19.0 Å². The number of aromatic nitrogens is 2. The van der Waals surface area contributed by atoms with Crippen molar-refractivity contribution in [2.75, 3.05) is 24.3 Å². The largest absolute Gasteiger partial charge is 0.392 e. The van der Waals surface area contributed by atoms with Crippen LogP contribution < -0.4 is 10.2 Å². The lowest BCUT2D eigenvalue weighted by Gasteiger charge is -2.13. The SMILES string of the molecule is CN(C)c1nc(NCc2cccc(CO)c2)ncc1F. The van der Waals surface area contributed by atoms with E-state index in [-0.39, 0.29) is 12.4 Å². The van der Waals surface area contributed by atoms with Crippen LogP contribution in [0.5, 0.6) is 0 Å². The topological polar surface area (TPSA) is 61.3 Å². The van der Waals surface area contributed by atoms with E-state index in [1.165, 1.54) is 0 Å². The number of aliphatic hydroxyl groups excluding tert-OH is 1. The first kappa shape index (κ1) is 14.2. The van der Waals surface area contributed by atoms with Gasteiger partial charge in [0.1, 0.15) is 0 Å². The molecule has 6 heteroatoms. The zero-order valence-corrected chi connectivity index (χ0v) is 11.5. The maximum Gasteiger partial charge on any atom is 0.225 e. The molecule has 0 atom stereocenters. The lowest BCUT2D eigenvalue weighted by molar-refractivity contribution is 0.281. The molecule has 0 saturated heterocycles. The highest BCUT2D eigenvalue weighted by molar-refractivity contribution is 5.42. The molecule has 0 fully saturated rings. The van der Waals surface area contributed by atoms with Gasteiger partial charge >= 0.3 is 0 Å². The van der Waals surface area contributed by atoms with Crippen LogP contribution in [0.2, 0.25) is 0 Å². The van der Waals surface area contributed by atoms with E-state index in [9.17, 15) is 4.39 Å². The third-order valence-corrected chi connectivity index (χ3v) is 2.77. The van der Waals surface area contributed by atoms with E-state index in [4.69, 9.17) is 5.11 Å². The molecule has 0 radical (unpaired) electrons. The molecule has 0 saturated carbocycles. The van der Waals surface area contributed by atoms with Crippen LogP contribution in [0.25, 0.3) is 0 Å². The van der Waals surface area contributed by atoms with Gasteiger partial charge < -0.3 is 15.3 Å². The predicted molar refractivity (Wildman–Crippen MR) is 76.0 cm³/mol. The van der Waals surface area contributed by atoms with Crippen LogP contribution in [0.3, 0.4) is 0 Å². The summed E-state index contributed by atoms with van der Waals surface area (Å²) in [4.78, 5) is 9.61. The summed E-state index contributed by atoms with van der Waals surface area (Å²) in [5, 5.41) is 12.1. The number of aliphatic hydroxyl groups is 1. The van der Waals surface area contributed by atoms with Crippen molar-refractivity contribution in [3.05, 3.63) is 47.4 Å². The van der Waals surface area contributed by atoms with Gasteiger partial charge in [-0.15, -0.1) is 0 Å². The van der Waals surface area contributed by atoms with Gasteiger partial charge in [0.25, 0.3) is 0 Å². The Morgan fingerprint density at radius 2 is 2.05 bits per heavy atom. The van der Waals surface area contributed by atoms with Crippen molar-refractivity contribution < 1.29 is 9.50 Å². The molecule has 1 heterocycles. The zero-order chi connectivity index (χ0) is 14.5. The minimum atomic E-state index is -0.456. The minimum absolute atomic E-state index is 0.00562. The maximum atomic E-state index is 13.5. The number of hydrogen-bond donors (Lipinski definition) is 2. The molecule has 0 aliphatic heterocycles. The second-order valence-electron chi connectivity index (χ2n) is 4.59. The number of nitrogens with one attached hydrogen (secondary N) is 1. The van der Waals surface area contributed by atoms with Crippen LogP contribution >= 0.6 is 0 Å². The summed E-state index contributed by atoms with van der Waals surface area (Å²) in [5.74, 6) is 0.152. The molecular weight excluding hydrogens is 259 g/mol. The number of rotatable bonds is 5. The van der Waals surface area contributed by atoms with E-state index in [1.807, 2.05) is 24.3 Å². The van der Waals surface area contributed by atoms with Crippen molar-refractivity contribution in [2.24, 2.45) is 0 Å². The number of benzene rings is 1. The number of hydrogen-bond acceptors (Lipinski definition) is 5. The quantitative estimate of drug-likeness (QED) is 0.871. The second-order valence-corrected chi connectivity index (χ2v) is 4.59. The average Bonchev–Trinajstić information content (AvgIpc) is 2.46.